The van der Waals surface area contributed by atoms with Crippen molar-refractivity contribution in [1.82, 2.24) is 14.7 Å². The lowest BCUT2D eigenvalue weighted by atomic mass is 10.1. The summed E-state index contributed by atoms with van der Waals surface area (Å²) in [6.45, 7) is 9.70. The number of carbonyl (C=O) groups is 2. The molecule has 6 nitrogen and oxygen atoms in total. The third-order valence-electron chi connectivity index (χ3n) is 4.19. The number of carbonyl (C=O) groups excluding carboxylic acids is 1. The van der Waals surface area contributed by atoms with E-state index in [0.717, 1.165) is 25.6 Å². The van der Waals surface area contributed by atoms with Crippen molar-refractivity contribution in [1.29, 1.82) is 0 Å². The normalized spacial score (nSPS) is 20.4. The summed E-state index contributed by atoms with van der Waals surface area (Å²) in [4.78, 5) is 29.3. The minimum atomic E-state index is -0.967. The Labute approximate surface area is 126 Å². The largest absolute Gasteiger partial charge is 0.480 e. The number of carboxylic acid groups (broad SMARTS) is 1. The summed E-state index contributed by atoms with van der Waals surface area (Å²) in [5.41, 5.74) is -0.485. The minimum Gasteiger partial charge on any atom is -0.480 e. The lowest BCUT2D eigenvalue weighted by Gasteiger charge is -2.41. The molecule has 2 amide bonds. The van der Waals surface area contributed by atoms with Gasteiger partial charge in [0.15, 0.2) is 0 Å². The van der Waals surface area contributed by atoms with Gasteiger partial charge in [-0.15, -0.1) is 0 Å². The predicted molar refractivity (Wildman–Crippen MR) is 80.2 cm³/mol. The van der Waals surface area contributed by atoms with E-state index < -0.39 is 11.5 Å². The van der Waals surface area contributed by atoms with E-state index in [4.69, 9.17) is 5.11 Å². The molecule has 1 N–H and O–H groups in total. The molecule has 0 atom stereocenters. The van der Waals surface area contributed by atoms with Crippen molar-refractivity contribution in [3.8, 4) is 0 Å². The van der Waals surface area contributed by atoms with Gasteiger partial charge in [-0.05, 0) is 39.5 Å². The number of aliphatic carboxylic acids is 1. The lowest BCUT2D eigenvalue weighted by molar-refractivity contribution is -0.138. The summed E-state index contributed by atoms with van der Waals surface area (Å²) in [7, 11) is 0. The average Bonchev–Trinajstić information content (AvgIpc) is 3.18. The van der Waals surface area contributed by atoms with E-state index in [2.05, 4.69) is 4.90 Å². The second-order valence-electron chi connectivity index (χ2n) is 7.16. The number of nitrogens with zero attached hydrogens (tertiary/aromatic N) is 3. The summed E-state index contributed by atoms with van der Waals surface area (Å²) in [5.74, 6) is -0.101. The van der Waals surface area contributed by atoms with Gasteiger partial charge < -0.3 is 14.9 Å². The zero-order chi connectivity index (χ0) is 15.6. The Kier molecular flexibility index (Phi) is 4.76. The fourth-order valence-electron chi connectivity index (χ4n) is 2.69. The molecule has 1 heterocycles. The van der Waals surface area contributed by atoms with Crippen molar-refractivity contribution in [2.45, 2.75) is 39.2 Å². The number of piperazine rings is 1. The number of urea groups is 1. The molecule has 0 unspecified atom stereocenters. The predicted octanol–water partition coefficient (Wildman–Crippen LogP) is 1.32. The highest BCUT2D eigenvalue weighted by Gasteiger charge is 2.34. The first-order valence-corrected chi connectivity index (χ1v) is 7.78. The van der Waals surface area contributed by atoms with Crippen LogP contribution in [0.4, 0.5) is 4.79 Å². The highest BCUT2D eigenvalue weighted by atomic mass is 16.4. The van der Waals surface area contributed by atoms with Gasteiger partial charge in [-0.1, -0.05) is 0 Å². The average molecular weight is 297 g/mol. The van der Waals surface area contributed by atoms with Crippen LogP contribution in [-0.2, 0) is 4.79 Å². The molecule has 21 heavy (non-hydrogen) atoms. The molecule has 0 aromatic rings. The second kappa shape index (κ2) is 6.22. The molecule has 0 spiro atoms. The zero-order valence-corrected chi connectivity index (χ0v) is 13.3. The van der Waals surface area contributed by atoms with Crippen LogP contribution in [0.5, 0.6) is 0 Å². The number of amides is 2. The van der Waals surface area contributed by atoms with Crippen molar-refractivity contribution in [3.63, 3.8) is 0 Å². The Morgan fingerprint density at radius 3 is 2.14 bits per heavy atom. The molecule has 6 heteroatoms. The van der Waals surface area contributed by atoms with Crippen LogP contribution in [0.15, 0.2) is 0 Å². The van der Waals surface area contributed by atoms with Crippen molar-refractivity contribution in [2.24, 2.45) is 5.92 Å². The maximum atomic E-state index is 12.6. The number of carboxylic acids is 1. The number of hydrogen-bond acceptors (Lipinski definition) is 3. The molecule has 1 saturated carbocycles. The van der Waals surface area contributed by atoms with E-state index in [9.17, 15) is 9.59 Å². The van der Waals surface area contributed by atoms with Crippen LogP contribution in [0.2, 0.25) is 0 Å². The Hall–Kier alpha value is -1.30. The lowest BCUT2D eigenvalue weighted by Crippen LogP contribution is -2.58. The molecule has 0 aromatic carbocycles. The third-order valence-corrected chi connectivity index (χ3v) is 4.19. The van der Waals surface area contributed by atoms with Crippen LogP contribution in [0.1, 0.15) is 33.6 Å². The first-order valence-electron chi connectivity index (χ1n) is 7.78. The second-order valence-corrected chi connectivity index (χ2v) is 7.16. The van der Waals surface area contributed by atoms with Crippen molar-refractivity contribution < 1.29 is 14.7 Å². The topological polar surface area (TPSA) is 64.1 Å². The van der Waals surface area contributed by atoms with Gasteiger partial charge in [0.05, 0.1) is 0 Å². The van der Waals surface area contributed by atoms with Gasteiger partial charge in [0.1, 0.15) is 6.54 Å². The van der Waals surface area contributed by atoms with Crippen LogP contribution in [0.25, 0.3) is 0 Å². The molecular weight excluding hydrogens is 270 g/mol. The van der Waals surface area contributed by atoms with Gasteiger partial charge in [0.2, 0.25) is 0 Å². The molecular formula is C15H27N3O3. The molecule has 120 valence electrons. The van der Waals surface area contributed by atoms with E-state index in [1.165, 1.54) is 17.7 Å². The Morgan fingerprint density at radius 1 is 1.14 bits per heavy atom. The van der Waals surface area contributed by atoms with Gasteiger partial charge >= 0.3 is 12.0 Å². The van der Waals surface area contributed by atoms with E-state index in [0.29, 0.717) is 13.1 Å². The third kappa shape index (κ3) is 4.59. The summed E-state index contributed by atoms with van der Waals surface area (Å²) in [6.07, 6.45) is 2.69. The molecule has 0 bridgehead atoms. The monoisotopic (exact) mass is 297 g/mol. The van der Waals surface area contributed by atoms with E-state index in [-0.39, 0.29) is 12.6 Å². The van der Waals surface area contributed by atoms with E-state index >= 15 is 0 Å². The first-order chi connectivity index (χ1) is 9.77. The smallest absolute Gasteiger partial charge is 0.323 e. The summed E-state index contributed by atoms with van der Waals surface area (Å²) >= 11 is 0. The van der Waals surface area contributed by atoms with Crippen molar-refractivity contribution >= 4 is 12.0 Å². The molecule has 2 fully saturated rings. The molecule has 2 rings (SSSR count). The van der Waals surface area contributed by atoms with E-state index in [1.54, 1.807) is 4.90 Å². The van der Waals surface area contributed by atoms with Gasteiger partial charge in [-0.2, -0.15) is 0 Å². The molecule has 1 saturated heterocycles. The Bertz CT molecular complexity index is 393. The van der Waals surface area contributed by atoms with Gasteiger partial charge in [0, 0.05) is 38.3 Å². The maximum Gasteiger partial charge on any atom is 0.323 e. The van der Waals surface area contributed by atoms with Gasteiger partial charge in [-0.25, -0.2) is 4.79 Å². The van der Waals surface area contributed by atoms with Crippen molar-refractivity contribution in [2.75, 3.05) is 39.3 Å². The highest BCUT2D eigenvalue weighted by Crippen LogP contribution is 2.30. The Balaban J connectivity index is 1.90. The van der Waals surface area contributed by atoms with Crippen LogP contribution in [0, 0.1) is 5.92 Å². The quantitative estimate of drug-likeness (QED) is 0.850. The van der Waals surface area contributed by atoms with Crippen LogP contribution < -0.4 is 0 Å². The summed E-state index contributed by atoms with van der Waals surface area (Å²) in [5, 5.41) is 9.02. The standard InChI is InChI=1S/C15H27N3O3/c1-15(2,3)18(11-13(19)20)14(21)17-8-6-16(7-9-17)10-12-4-5-12/h12H,4-11H2,1-3H3,(H,19,20). The summed E-state index contributed by atoms with van der Waals surface area (Å²) < 4.78 is 0. The molecule has 2 aliphatic rings. The highest BCUT2D eigenvalue weighted by molar-refractivity contribution is 5.81. The van der Waals surface area contributed by atoms with Crippen LogP contribution in [0.3, 0.4) is 0 Å². The van der Waals surface area contributed by atoms with Gasteiger partial charge in [0.25, 0.3) is 0 Å². The SMILES string of the molecule is CC(C)(C)N(CC(=O)O)C(=O)N1CCN(CC2CC2)CC1. The first kappa shape index (κ1) is 16.1. The fourth-order valence-corrected chi connectivity index (χ4v) is 2.69. The van der Waals surface area contributed by atoms with Crippen LogP contribution in [-0.4, -0.2) is 76.6 Å². The summed E-state index contributed by atoms with van der Waals surface area (Å²) in [6, 6.07) is -0.157. The molecule has 1 aliphatic heterocycles. The van der Waals surface area contributed by atoms with Crippen LogP contribution >= 0.6 is 0 Å². The van der Waals surface area contributed by atoms with Gasteiger partial charge in [-0.3, -0.25) is 9.69 Å². The molecule has 1 aliphatic carbocycles. The van der Waals surface area contributed by atoms with E-state index in [1.807, 2.05) is 20.8 Å². The molecule has 0 radical (unpaired) electrons. The number of hydrogen-bond donors (Lipinski definition) is 1. The molecule has 0 aromatic heterocycles. The Morgan fingerprint density at radius 2 is 1.71 bits per heavy atom. The van der Waals surface area contributed by atoms with Crippen molar-refractivity contribution in [3.05, 3.63) is 0 Å². The zero-order valence-electron chi connectivity index (χ0n) is 13.3. The maximum absolute atomic E-state index is 12.6. The fraction of sp³-hybridized carbons (Fsp3) is 0.867. The minimum absolute atomic E-state index is 0.157. The number of rotatable bonds is 4.